The Morgan fingerprint density at radius 3 is 2.63 bits per heavy atom. The second-order valence-electron chi connectivity index (χ2n) is 7.95. The zero-order valence-electron chi connectivity index (χ0n) is 19.2. The Bertz CT molecular complexity index is 1440. The maximum absolute atomic E-state index is 14.3. The summed E-state index contributed by atoms with van der Waals surface area (Å²) in [5, 5.41) is 9.46. The van der Waals surface area contributed by atoms with E-state index in [9.17, 15) is 22.4 Å². The van der Waals surface area contributed by atoms with Crippen LogP contribution in [0.25, 0.3) is 11.0 Å². The molecule has 9 nitrogen and oxygen atoms in total. The third-order valence-corrected chi connectivity index (χ3v) is 6.97. The number of nitrogens with zero attached hydrogens (tertiary/aromatic N) is 1. The Morgan fingerprint density at radius 1 is 1.26 bits per heavy atom. The first-order valence-corrected chi connectivity index (χ1v) is 12.3. The van der Waals surface area contributed by atoms with Crippen LogP contribution in [-0.4, -0.2) is 51.8 Å². The first kappa shape index (κ1) is 26.6. The predicted octanol–water partition coefficient (Wildman–Crippen LogP) is 3.21. The van der Waals surface area contributed by atoms with Gasteiger partial charge >= 0.3 is 11.7 Å². The van der Waals surface area contributed by atoms with Crippen LogP contribution < -0.4 is 15.1 Å². The van der Waals surface area contributed by atoms with E-state index >= 15 is 0 Å². The minimum absolute atomic E-state index is 0.0234. The summed E-state index contributed by atoms with van der Waals surface area (Å²) < 4.78 is 52.1. The fourth-order valence-electron chi connectivity index (χ4n) is 3.29. The molecule has 0 aliphatic carbocycles. The molecule has 0 aliphatic rings. The summed E-state index contributed by atoms with van der Waals surface area (Å²) in [5.74, 6) is -0.922. The molecule has 0 saturated heterocycles. The Morgan fingerprint density at radius 2 is 1.97 bits per heavy atom. The van der Waals surface area contributed by atoms with Gasteiger partial charge in [-0.05, 0) is 42.7 Å². The average molecular weight is 527 g/mol. The Hall–Kier alpha value is -2.99. The van der Waals surface area contributed by atoms with E-state index in [0.29, 0.717) is 16.5 Å². The van der Waals surface area contributed by atoms with Gasteiger partial charge in [-0.3, -0.25) is 0 Å². The molecule has 188 valence electrons. The minimum Gasteiger partial charge on any atom is -0.422 e. The number of nitrogens with one attached hydrogen (secondary N) is 1. The topological polar surface area (TPSA) is 126 Å². The van der Waals surface area contributed by atoms with Gasteiger partial charge in [0.1, 0.15) is 16.3 Å². The molecule has 12 heteroatoms. The second-order valence-corrected chi connectivity index (χ2v) is 10.1. The molecule has 0 bridgehead atoms. The largest absolute Gasteiger partial charge is 0.422 e. The SMILES string of the molecule is Cc1c(Cc2ccc(F)c(S(=O)(=O)NCCCO)c2)c(=O)oc2cc(OC(=O)N(C)C)c(Cl)cc12. The van der Waals surface area contributed by atoms with Crippen LogP contribution >= 0.6 is 11.6 Å². The molecule has 3 aromatic rings. The van der Waals surface area contributed by atoms with Crippen molar-refractivity contribution in [1.82, 2.24) is 9.62 Å². The third-order valence-electron chi connectivity index (χ3n) is 5.20. The lowest BCUT2D eigenvalue weighted by Crippen LogP contribution is -2.26. The van der Waals surface area contributed by atoms with Crippen molar-refractivity contribution in [3.8, 4) is 5.75 Å². The molecule has 0 spiro atoms. The number of hydrogen-bond donors (Lipinski definition) is 2. The molecule has 2 N–H and O–H groups in total. The van der Waals surface area contributed by atoms with Gasteiger partial charge in [-0.2, -0.15) is 0 Å². The summed E-state index contributed by atoms with van der Waals surface area (Å²) in [6, 6.07) is 6.38. The van der Waals surface area contributed by atoms with Crippen LogP contribution in [0.15, 0.2) is 44.4 Å². The van der Waals surface area contributed by atoms with Gasteiger partial charge < -0.3 is 19.2 Å². The number of benzene rings is 2. The van der Waals surface area contributed by atoms with Crippen molar-refractivity contribution in [1.29, 1.82) is 0 Å². The third kappa shape index (κ3) is 5.99. The van der Waals surface area contributed by atoms with Gasteiger partial charge in [-0.15, -0.1) is 0 Å². The highest BCUT2D eigenvalue weighted by atomic mass is 35.5. The number of aliphatic hydroxyl groups is 1. The first-order valence-electron chi connectivity index (χ1n) is 10.5. The van der Waals surface area contributed by atoms with E-state index in [2.05, 4.69) is 4.72 Å². The number of hydrogen-bond acceptors (Lipinski definition) is 7. The number of ether oxygens (including phenoxy) is 1. The van der Waals surface area contributed by atoms with Crippen LogP contribution in [0, 0.1) is 12.7 Å². The van der Waals surface area contributed by atoms with Crippen molar-refractivity contribution in [2.75, 3.05) is 27.2 Å². The van der Waals surface area contributed by atoms with E-state index in [0.717, 1.165) is 12.1 Å². The number of sulfonamides is 1. The van der Waals surface area contributed by atoms with Crippen molar-refractivity contribution in [2.24, 2.45) is 0 Å². The van der Waals surface area contributed by atoms with Gasteiger partial charge in [-0.1, -0.05) is 17.7 Å². The summed E-state index contributed by atoms with van der Waals surface area (Å²) in [5.41, 5.74) is 0.592. The minimum atomic E-state index is -4.16. The predicted molar refractivity (Wildman–Crippen MR) is 128 cm³/mol. The van der Waals surface area contributed by atoms with E-state index in [-0.39, 0.29) is 47.9 Å². The van der Waals surface area contributed by atoms with Gasteiger partial charge in [0.15, 0.2) is 5.75 Å². The number of aryl methyl sites for hydroxylation is 1. The Kier molecular flexibility index (Phi) is 8.16. The van der Waals surface area contributed by atoms with Crippen LogP contribution in [0.5, 0.6) is 5.75 Å². The van der Waals surface area contributed by atoms with Crippen LogP contribution in [0.1, 0.15) is 23.1 Å². The molecule has 0 unspecified atom stereocenters. The van der Waals surface area contributed by atoms with Crippen molar-refractivity contribution in [3.05, 3.63) is 68.3 Å². The molecule has 1 amide bonds. The molecular formula is C23H24ClFN2O7S. The van der Waals surface area contributed by atoms with Crippen molar-refractivity contribution in [2.45, 2.75) is 24.7 Å². The van der Waals surface area contributed by atoms with Crippen LogP contribution in [0.2, 0.25) is 5.02 Å². The molecule has 2 aromatic carbocycles. The van der Waals surface area contributed by atoms with E-state index < -0.39 is 32.5 Å². The van der Waals surface area contributed by atoms with Crippen LogP contribution in [0.3, 0.4) is 0 Å². The molecule has 0 aliphatic heterocycles. The highest BCUT2D eigenvalue weighted by Gasteiger charge is 2.21. The van der Waals surface area contributed by atoms with Gasteiger partial charge in [0.05, 0.1) is 5.02 Å². The highest BCUT2D eigenvalue weighted by molar-refractivity contribution is 7.89. The number of aliphatic hydroxyl groups excluding tert-OH is 1. The van der Waals surface area contributed by atoms with Gasteiger partial charge in [-0.25, -0.2) is 27.1 Å². The fourth-order valence-corrected chi connectivity index (χ4v) is 4.69. The number of rotatable bonds is 8. The zero-order valence-corrected chi connectivity index (χ0v) is 20.8. The van der Waals surface area contributed by atoms with Crippen LogP contribution in [-0.2, 0) is 16.4 Å². The number of halogens is 2. The lowest BCUT2D eigenvalue weighted by molar-refractivity contribution is 0.172. The lowest BCUT2D eigenvalue weighted by atomic mass is 9.99. The number of fused-ring (bicyclic) bond motifs is 1. The maximum atomic E-state index is 14.3. The van der Waals surface area contributed by atoms with Crippen molar-refractivity contribution >= 4 is 38.7 Å². The molecule has 0 saturated carbocycles. The smallest absolute Gasteiger partial charge is 0.414 e. The molecule has 3 rings (SSSR count). The summed E-state index contributed by atoms with van der Waals surface area (Å²) in [7, 11) is -1.15. The number of carbonyl (C=O) groups excluding carboxylic acids is 1. The van der Waals surface area contributed by atoms with Gasteiger partial charge in [0, 0.05) is 50.7 Å². The summed E-state index contributed by atoms with van der Waals surface area (Å²) >= 11 is 6.27. The zero-order chi connectivity index (χ0) is 25.9. The van der Waals surface area contributed by atoms with Gasteiger partial charge in [0.2, 0.25) is 10.0 Å². The lowest BCUT2D eigenvalue weighted by Gasteiger charge is -2.14. The Balaban J connectivity index is 1.99. The van der Waals surface area contributed by atoms with E-state index in [1.165, 1.54) is 37.2 Å². The quantitative estimate of drug-likeness (QED) is 0.341. The van der Waals surface area contributed by atoms with Crippen LogP contribution in [0.4, 0.5) is 9.18 Å². The molecule has 35 heavy (non-hydrogen) atoms. The Labute approximate surface area is 206 Å². The highest BCUT2D eigenvalue weighted by Crippen LogP contribution is 2.32. The van der Waals surface area contributed by atoms with Crippen molar-refractivity contribution in [3.63, 3.8) is 0 Å². The molecular weight excluding hydrogens is 503 g/mol. The monoisotopic (exact) mass is 526 g/mol. The molecule has 0 atom stereocenters. The van der Waals surface area contributed by atoms with E-state index in [4.69, 9.17) is 25.9 Å². The summed E-state index contributed by atoms with van der Waals surface area (Å²) in [6.07, 6.45) is -0.510. The maximum Gasteiger partial charge on any atom is 0.414 e. The molecule has 0 fully saturated rings. The molecule has 1 heterocycles. The van der Waals surface area contributed by atoms with Crippen molar-refractivity contribution < 1.29 is 31.9 Å². The fraction of sp³-hybridized carbons (Fsp3) is 0.304. The first-order chi connectivity index (χ1) is 16.4. The second kappa shape index (κ2) is 10.7. The normalized spacial score (nSPS) is 11.6. The molecule has 1 aromatic heterocycles. The van der Waals surface area contributed by atoms with E-state index in [1.54, 1.807) is 6.92 Å². The van der Waals surface area contributed by atoms with Gasteiger partial charge in [0.25, 0.3) is 0 Å². The number of carbonyl (C=O) groups is 1. The van der Waals surface area contributed by atoms with E-state index in [1.807, 2.05) is 0 Å². The summed E-state index contributed by atoms with van der Waals surface area (Å²) in [6.45, 7) is 1.40. The molecule has 0 radical (unpaired) electrons. The standard InChI is InChI=1S/C23H24ClFN2O7S/c1-13-15-11-17(24)20(34-23(30)27(2)3)12-19(15)33-22(29)16(13)9-14-5-6-18(25)21(10-14)35(31,32)26-7-4-8-28/h5-6,10-12,26,28H,4,7-9H2,1-3H3. The summed E-state index contributed by atoms with van der Waals surface area (Å²) in [4.78, 5) is 25.3. The average Bonchev–Trinajstić information content (AvgIpc) is 2.78. The number of amides is 1.